The molecule has 6 nitrogen and oxygen atoms in total. The van der Waals surface area contributed by atoms with Crippen molar-refractivity contribution in [1.82, 2.24) is 15.1 Å². The molecule has 0 atom stereocenters. The lowest BCUT2D eigenvalue weighted by Gasteiger charge is -2.18. The summed E-state index contributed by atoms with van der Waals surface area (Å²) in [5, 5.41) is 2.83. The highest BCUT2D eigenvalue weighted by Crippen LogP contribution is 2.09. The molecule has 1 heterocycles. The molecule has 0 unspecified atom stereocenters. The van der Waals surface area contributed by atoms with Gasteiger partial charge in [0.2, 0.25) is 0 Å². The van der Waals surface area contributed by atoms with Gasteiger partial charge in [0.25, 0.3) is 5.91 Å². The van der Waals surface area contributed by atoms with Crippen LogP contribution in [-0.4, -0.2) is 48.5 Å². The number of hydrogen-bond donors (Lipinski definition) is 2. The molecule has 1 amide bonds. The molecule has 0 aromatic carbocycles. The van der Waals surface area contributed by atoms with Gasteiger partial charge in [-0.15, -0.1) is 0 Å². The fourth-order valence-corrected chi connectivity index (χ4v) is 1.58. The van der Waals surface area contributed by atoms with Gasteiger partial charge in [-0.3, -0.25) is 4.79 Å². The first-order valence-electron chi connectivity index (χ1n) is 5.92. The zero-order valence-corrected chi connectivity index (χ0v) is 11.2. The predicted molar refractivity (Wildman–Crippen MR) is 72.5 cm³/mol. The van der Waals surface area contributed by atoms with Gasteiger partial charge in [0.15, 0.2) is 5.96 Å². The minimum absolute atomic E-state index is 0.0542. The Morgan fingerprint density at radius 3 is 2.67 bits per heavy atom. The molecule has 0 aromatic heterocycles. The highest BCUT2D eigenvalue weighted by molar-refractivity contribution is 5.93. The molecule has 1 aliphatic rings. The van der Waals surface area contributed by atoms with Crippen molar-refractivity contribution < 1.29 is 4.79 Å². The number of nitrogens with one attached hydrogen (secondary N) is 1. The summed E-state index contributed by atoms with van der Waals surface area (Å²) in [4.78, 5) is 19.6. The van der Waals surface area contributed by atoms with Crippen LogP contribution >= 0.6 is 0 Å². The molecule has 0 spiro atoms. The van der Waals surface area contributed by atoms with E-state index in [-0.39, 0.29) is 5.91 Å². The zero-order valence-electron chi connectivity index (χ0n) is 11.2. The van der Waals surface area contributed by atoms with E-state index in [9.17, 15) is 4.79 Å². The summed E-state index contributed by atoms with van der Waals surface area (Å²) in [5.74, 6) is 0.480. The van der Waals surface area contributed by atoms with E-state index < -0.39 is 0 Å². The van der Waals surface area contributed by atoms with Gasteiger partial charge >= 0.3 is 0 Å². The van der Waals surface area contributed by atoms with E-state index in [0.29, 0.717) is 25.7 Å². The number of rotatable bonds is 3. The van der Waals surface area contributed by atoms with Crippen molar-refractivity contribution in [3.8, 4) is 0 Å². The molecule has 0 saturated carbocycles. The molecule has 1 fully saturated rings. The molecule has 0 bridgehead atoms. The minimum atomic E-state index is 0.0542. The number of guanidine groups is 1. The van der Waals surface area contributed by atoms with Crippen LogP contribution in [0.4, 0.5) is 0 Å². The smallest absolute Gasteiger partial charge is 0.250 e. The number of hydrogen-bond acceptors (Lipinski definition) is 3. The third-order valence-corrected chi connectivity index (χ3v) is 2.81. The zero-order chi connectivity index (χ0) is 13.5. The minimum Gasteiger partial charge on any atom is -0.393 e. The maximum Gasteiger partial charge on any atom is 0.250 e. The number of nitrogens with two attached hydrogens (primary N) is 1. The fraction of sp³-hybridized carbons (Fsp3) is 0.500. The average molecular weight is 251 g/mol. The van der Waals surface area contributed by atoms with E-state index in [1.54, 1.807) is 24.3 Å². The van der Waals surface area contributed by atoms with Crippen LogP contribution in [0.3, 0.4) is 0 Å². The molecule has 0 aromatic rings. The maximum absolute atomic E-state index is 11.9. The normalized spacial score (nSPS) is 17.7. The molecule has 100 valence electrons. The molecule has 1 rings (SSSR count). The molecular weight excluding hydrogens is 230 g/mol. The van der Waals surface area contributed by atoms with Crippen LogP contribution < -0.4 is 11.1 Å². The topological polar surface area (TPSA) is 74.0 Å². The van der Waals surface area contributed by atoms with Crippen molar-refractivity contribution >= 4 is 11.9 Å². The Labute approximate surface area is 108 Å². The van der Waals surface area contributed by atoms with Crippen LogP contribution in [0, 0.1) is 0 Å². The highest BCUT2D eigenvalue weighted by Gasteiger charge is 2.25. The Morgan fingerprint density at radius 1 is 1.39 bits per heavy atom. The van der Waals surface area contributed by atoms with Gasteiger partial charge < -0.3 is 20.9 Å². The second-order valence-electron chi connectivity index (χ2n) is 4.04. The summed E-state index contributed by atoms with van der Waals surface area (Å²) in [5.41, 5.74) is 6.59. The highest BCUT2D eigenvalue weighted by atomic mass is 16.2. The number of allylic oxidation sites excluding steroid dienone is 1. The van der Waals surface area contributed by atoms with Crippen molar-refractivity contribution in [1.29, 1.82) is 0 Å². The third-order valence-electron chi connectivity index (χ3n) is 2.81. The van der Waals surface area contributed by atoms with Gasteiger partial charge in [-0.25, -0.2) is 4.99 Å². The quantitative estimate of drug-likeness (QED) is 0.422. The SMILES string of the molecule is C/C=C(\C)C(=O)N1CCN(C(N)=N/C=C\NC)C1. The van der Waals surface area contributed by atoms with Gasteiger partial charge in [-0.05, 0) is 13.8 Å². The lowest BCUT2D eigenvalue weighted by molar-refractivity contribution is -0.126. The third kappa shape index (κ3) is 3.51. The lowest BCUT2D eigenvalue weighted by atomic mass is 10.2. The van der Waals surface area contributed by atoms with E-state index in [1.165, 1.54) is 0 Å². The van der Waals surface area contributed by atoms with Crippen molar-refractivity contribution in [3.05, 3.63) is 24.0 Å². The molecular formula is C12H21N5O. The van der Waals surface area contributed by atoms with Crippen LogP contribution in [0.2, 0.25) is 0 Å². The van der Waals surface area contributed by atoms with Crippen molar-refractivity contribution in [2.75, 3.05) is 26.8 Å². The monoisotopic (exact) mass is 251 g/mol. The number of amides is 1. The summed E-state index contributed by atoms with van der Waals surface area (Å²) in [6, 6.07) is 0. The summed E-state index contributed by atoms with van der Waals surface area (Å²) in [7, 11) is 1.79. The maximum atomic E-state index is 11.9. The summed E-state index contributed by atoms with van der Waals surface area (Å²) < 4.78 is 0. The van der Waals surface area contributed by atoms with Crippen LogP contribution in [0.1, 0.15) is 13.8 Å². The molecule has 1 aliphatic heterocycles. The van der Waals surface area contributed by atoms with E-state index in [2.05, 4.69) is 10.3 Å². The van der Waals surface area contributed by atoms with Crippen LogP contribution in [0.5, 0.6) is 0 Å². The van der Waals surface area contributed by atoms with Crippen LogP contribution in [-0.2, 0) is 4.79 Å². The van der Waals surface area contributed by atoms with Crippen molar-refractivity contribution in [2.24, 2.45) is 10.7 Å². The first kappa shape index (κ1) is 14.1. The van der Waals surface area contributed by atoms with Gasteiger partial charge in [-0.1, -0.05) is 6.08 Å². The Kier molecular flexibility index (Phi) is 5.23. The van der Waals surface area contributed by atoms with E-state index >= 15 is 0 Å². The fourth-order valence-electron chi connectivity index (χ4n) is 1.58. The predicted octanol–water partition coefficient (Wildman–Crippen LogP) is 0.0596. The second-order valence-corrected chi connectivity index (χ2v) is 4.04. The first-order valence-corrected chi connectivity index (χ1v) is 5.92. The lowest BCUT2D eigenvalue weighted by Crippen LogP contribution is -2.38. The molecule has 3 N–H and O–H groups in total. The molecule has 6 heteroatoms. The van der Waals surface area contributed by atoms with Crippen LogP contribution in [0.25, 0.3) is 0 Å². The Hall–Kier alpha value is -1.98. The Bertz CT molecular complexity index is 386. The van der Waals surface area contributed by atoms with Crippen molar-refractivity contribution in [3.63, 3.8) is 0 Å². The number of aliphatic imine (C=N–C) groups is 1. The van der Waals surface area contributed by atoms with Crippen LogP contribution in [0.15, 0.2) is 29.0 Å². The Balaban J connectivity index is 2.58. The largest absolute Gasteiger partial charge is 0.393 e. The van der Waals surface area contributed by atoms with Gasteiger partial charge in [0.1, 0.15) is 0 Å². The molecule has 18 heavy (non-hydrogen) atoms. The Morgan fingerprint density at radius 2 is 2.06 bits per heavy atom. The van der Waals surface area contributed by atoms with E-state index in [0.717, 1.165) is 5.57 Å². The van der Waals surface area contributed by atoms with Gasteiger partial charge in [0.05, 0.1) is 6.67 Å². The van der Waals surface area contributed by atoms with Gasteiger partial charge in [0, 0.05) is 38.1 Å². The number of carbonyl (C=O) groups excluding carboxylic acids is 1. The number of carbonyl (C=O) groups is 1. The second kappa shape index (κ2) is 6.68. The summed E-state index contributed by atoms with van der Waals surface area (Å²) >= 11 is 0. The van der Waals surface area contributed by atoms with E-state index in [1.807, 2.05) is 24.8 Å². The molecule has 0 radical (unpaired) electrons. The summed E-state index contributed by atoms with van der Waals surface area (Å²) in [6.45, 7) is 5.56. The summed E-state index contributed by atoms with van der Waals surface area (Å²) in [6.07, 6.45) is 5.10. The average Bonchev–Trinajstić information content (AvgIpc) is 2.86. The van der Waals surface area contributed by atoms with E-state index in [4.69, 9.17) is 5.73 Å². The molecule has 1 saturated heterocycles. The number of nitrogens with zero attached hydrogens (tertiary/aromatic N) is 3. The van der Waals surface area contributed by atoms with Crippen molar-refractivity contribution in [2.45, 2.75) is 13.8 Å². The first-order chi connectivity index (χ1) is 8.60. The molecule has 0 aliphatic carbocycles. The standard InChI is InChI=1S/C12H21N5O/c1-4-10(2)11(18)16-7-8-17(9-16)12(13)15-6-5-14-3/h4-6,14H,7-9H2,1-3H3,(H2,13,15)/b6-5-,10-4+. The van der Waals surface area contributed by atoms with Gasteiger partial charge in [-0.2, -0.15) is 0 Å².